The van der Waals surface area contributed by atoms with Gasteiger partial charge in [0.05, 0.1) is 16.3 Å². The van der Waals surface area contributed by atoms with Crippen LogP contribution in [0.1, 0.15) is 43.2 Å². The Morgan fingerprint density at radius 2 is 1.82 bits per heavy atom. The molecular formula is C21H23Cl2N3OS. The summed E-state index contributed by atoms with van der Waals surface area (Å²) in [5, 5.41) is 9.16. The van der Waals surface area contributed by atoms with Crippen LogP contribution in [0.4, 0.5) is 0 Å². The molecule has 1 fully saturated rings. The fourth-order valence-electron chi connectivity index (χ4n) is 3.08. The molecule has 0 radical (unpaired) electrons. The zero-order chi connectivity index (χ0) is 19.8. The highest BCUT2D eigenvalue weighted by molar-refractivity contribution is 7.80. The van der Waals surface area contributed by atoms with Gasteiger partial charge in [-0.2, -0.15) is 5.10 Å². The lowest BCUT2D eigenvalue weighted by atomic mass is 9.96. The van der Waals surface area contributed by atoms with Crippen LogP contribution >= 0.6 is 35.4 Å². The van der Waals surface area contributed by atoms with E-state index in [1.807, 2.05) is 30.3 Å². The largest absolute Gasteiger partial charge is 0.489 e. The lowest BCUT2D eigenvalue weighted by Gasteiger charge is -2.23. The minimum atomic E-state index is 0.424. The van der Waals surface area contributed by atoms with E-state index >= 15 is 0 Å². The fourth-order valence-corrected chi connectivity index (χ4v) is 3.62. The van der Waals surface area contributed by atoms with Gasteiger partial charge in [-0.25, -0.2) is 0 Å². The van der Waals surface area contributed by atoms with Crippen LogP contribution in [0.15, 0.2) is 47.6 Å². The van der Waals surface area contributed by atoms with E-state index in [2.05, 4.69) is 15.8 Å². The molecule has 0 amide bonds. The first-order valence-electron chi connectivity index (χ1n) is 9.36. The van der Waals surface area contributed by atoms with Crippen molar-refractivity contribution >= 4 is 46.7 Å². The number of nitrogens with one attached hydrogen (secondary N) is 2. The first-order valence-corrected chi connectivity index (χ1v) is 10.5. The van der Waals surface area contributed by atoms with Gasteiger partial charge < -0.3 is 10.1 Å². The quantitative estimate of drug-likeness (QED) is 0.346. The molecule has 0 aliphatic heterocycles. The van der Waals surface area contributed by atoms with Gasteiger partial charge in [0.2, 0.25) is 0 Å². The number of rotatable bonds is 6. The van der Waals surface area contributed by atoms with E-state index < -0.39 is 0 Å². The van der Waals surface area contributed by atoms with Gasteiger partial charge in [0.1, 0.15) is 12.4 Å². The zero-order valence-electron chi connectivity index (χ0n) is 15.5. The van der Waals surface area contributed by atoms with Crippen molar-refractivity contribution in [3.05, 3.63) is 63.6 Å². The van der Waals surface area contributed by atoms with E-state index in [1.165, 1.54) is 32.1 Å². The molecule has 2 N–H and O–H groups in total. The number of hydrazone groups is 1. The number of hydrogen-bond acceptors (Lipinski definition) is 3. The third-order valence-electron chi connectivity index (χ3n) is 4.59. The van der Waals surface area contributed by atoms with Gasteiger partial charge in [0.25, 0.3) is 0 Å². The van der Waals surface area contributed by atoms with E-state index in [-0.39, 0.29) is 0 Å². The number of thiocarbonyl (C=S) groups is 1. The highest BCUT2D eigenvalue weighted by atomic mass is 35.5. The summed E-state index contributed by atoms with van der Waals surface area (Å²) in [7, 11) is 0. The molecule has 1 aliphatic rings. The van der Waals surface area contributed by atoms with Gasteiger partial charge >= 0.3 is 0 Å². The number of ether oxygens (including phenoxy) is 1. The van der Waals surface area contributed by atoms with Crippen LogP contribution in [0.25, 0.3) is 0 Å². The second kappa shape index (κ2) is 10.6. The summed E-state index contributed by atoms with van der Waals surface area (Å²) >= 11 is 17.2. The predicted octanol–water partition coefficient (Wildman–Crippen LogP) is 5.70. The lowest BCUT2D eigenvalue weighted by Crippen LogP contribution is -2.40. The van der Waals surface area contributed by atoms with Crippen LogP contribution in [0.3, 0.4) is 0 Å². The maximum absolute atomic E-state index is 6.02. The Morgan fingerprint density at radius 3 is 2.54 bits per heavy atom. The van der Waals surface area contributed by atoms with Crippen molar-refractivity contribution < 1.29 is 4.74 Å². The molecule has 4 nitrogen and oxygen atoms in total. The number of nitrogens with zero attached hydrogens (tertiary/aromatic N) is 1. The van der Waals surface area contributed by atoms with Crippen LogP contribution in [-0.2, 0) is 6.61 Å². The average molecular weight is 436 g/mol. The minimum absolute atomic E-state index is 0.424. The number of hydrogen-bond donors (Lipinski definition) is 2. The monoisotopic (exact) mass is 435 g/mol. The Bertz CT molecular complexity index is 821. The first kappa shape index (κ1) is 20.9. The molecule has 0 spiro atoms. The molecule has 0 heterocycles. The number of benzene rings is 2. The third kappa shape index (κ3) is 6.66. The highest BCUT2D eigenvalue weighted by Crippen LogP contribution is 2.23. The zero-order valence-corrected chi connectivity index (χ0v) is 17.8. The maximum atomic E-state index is 6.02. The molecule has 0 bridgehead atoms. The minimum Gasteiger partial charge on any atom is -0.489 e. The average Bonchev–Trinajstić information content (AvgIpc) is 2.70. The predicted molar refractivity (Wildman–Crippen MR) is 121 cm³/mol. The Kier molecular flexibility index (Phi) is 7.95. The Labute approximate surface area is 181 Å². The fraction of sp³-hybridized carbons (Fsp3) is 0.333. The second-order valence-electron chi connectivity index (χ2n) is 6.78. The van der Waals surface area contributed by atoms with Gasteiger partial charge in [-0.1, -0.05) is 48.5 Å². The van der Waals surface area contributed by atoms with E-state index in [9.17, 15) is 0 Å². The summed E-state index contributed by atoms with van der Waals surface area (Å²) in [6, 6.07) is 13.6. The Morgan fingerprint density at radius 1 is 1.07 bits per heavy atom. The molecule has 28 heavy (non-hydrogen) atoms. The Balaban J connectivity index is 1.43. The molecular weight excluding hydrogens is 413 g/mol. The highest BCUT2D eigenvalue weighted by Gasteiger charge is 2.13. The van der Waals surface area contributed by atoms with Crippen LogP contribution in [0, 0.1) is 0 Å². The van der Waals surface area contributed by atoms with Crippen LogP contribution < -0.4 is 15.5 Å². The van der Waals surface area contributed by atoms with Crippen molar-refractivity contribution in [1.82, 2.24) is 10.7 Å². The second-order valence-corrected chi connectivity index (χ2v) is 8.01. The van der Waals surface area contributed by atoms with Crippen molar-refractivity contribution in [2.45, 2.75) is 44.8 Å². The molecule has 0 unspecified atom stereocenters. The van der Waals surface area contributed by atoms with Crippen LogP contribution in [0.5, 0.6) is 5.75 Å². The van der Waals surface area contributed by atoms with Crippen LogP contribution in [0.2, 0.25) is 10.0 Å². The molecule has 1 saturated carbocycles. The van der Waals surface area contributed by atoms with E-state index in [4.69, 9.17) is 40.2 Å². The van der Waals surface area contributed by atoms with Crippen molar-refractivity contribution in [2.24, 2.45) is 5.10 Å². The smallest absolute Gasteiger partial charge is 0.187 e. The molecule has 0 aromatic heterocycles. The summed E-state index contributed by atoms with van der Waals surface area (Å²) in [4.78, 5) is 0. The normalized spacial score (nSPS) is 14.8. The molecule has 148 valence electrons. The van der Waals surface area contributed by atoms with Crippen LogP contribution in [-0.4, -0.2) is 17.4 Å². The summed E-state index contributed by atoms with van der Waals surface area (Å²) in [6.45, 7) is 0.424. The maximum Gasteiger partial charge on any atom is 0.187 e. The summed E-state index contributed by atoms with van der Waals surface area (Å²) in [5.74, 6) is 0.769. The molecule has 1 aliphatic carbocycles. The van der Waals surface area contributed by atoms with Gasteiger partial charge in [-0.05, 0) is 72.6 Å². The molecule has 2 aromatic carbocycles. The van der Waals surface area contributed by atoms with E-state index in [1.54, 1.807) is 18.3 Å². The van der Waals surface area contributed by atoms with Gasteiger partial charge in [-0.3, -0.25) is 5.43 Å². The molecule has 2 aromatic rings. The summed E-state index contributed by atoms with van der Waals surface area (Å²) in [5.41, 5.74) is 4.80. The number of halogens is 2. The Hall–Kier alpha value is -1.82. The third-order valence-corrected chi connectivity index (χ3v) is 5.54. The standard InChI is InChI=1S/C21H23Cl2N3OS/c22-19-11-8-16(12-20(19)23)14-27-18-9-6-15(7-10-18)13-24-26-21(28)25-17-4-2-1-3-5-17/h6-13,17H,1-5,14H2,(H2,25,26,28)/b24-13+. The first-order chi connectivity index (χ1) is 13.6. The summed E-state index contributed by atoms with van der Waals surface area (Å²) in [6.07, 6.45) is 7.94. The lowest BCUT2D eigenvalue weighted by molar-refractivity contribution is 0.306. The topological polar surface area (TPSA) is 45.7 Å². The van der Waals surface area contributed by atoms with E-state index in [0.29, 0.717) is 27.8 Å². The van der Waals surface area contributed by atoms with E-state index in [0.717, 1.165) is 16.9 Å². The van der Waals surface area contributed by atoms with Crippen molar-refractivity contribution in [3.8, 4) is 5.75 Å². The van der Waals surface area contributed by atoms with Crippen molar-refractivity contribution in [1.29, 1.82) is 0 Å². The van der Waals surface area contributed by atoms with Gasteiger partial charge in [0, 0.05) is 6.04 Å². The molecule has 0 atom stereocenters. The molecule has 3 rings (SSSR count). The van der Waals surface area contributed by atoms with Crippen molar-refractivity contribution in [3.63, 3.8) is 0 Å². The molecule has 7 heteroatoms. The van der Waals surface area contributed by atoms with Crippen molar-refractivity contribution in [2.75, 3.05) is 0 Å². The summed E-state index contributed by atoms with van der Waals surface area (Å²) < 4.78 is 5.78. The van der Waals surface area contributed by atoms with Gasteiger partial charge in [0.15, 0.2) is 5.11 Å². The molecule has 0 saturated heterocycles. The SMILES string of the molecule is S=C(N/N=C/c1ccc(OCc2ccc(Cl)c(Cl)c2)cc1)NC1CCCCC1. The van der Waals surface area contributed by atoms with Gasteiger partial charge in [-0.15, -0.1) is 0 Å².